The highest BCUT2D eigenvalue weighted by atomic mass is 32.1. The summed E-state index contributed by atoms with van der Waals surface area (Å²) in [5.74, 6) is 1.87. The van der Waals surface area contributed by atoms with E-state index in [0.29, 0.717) is 17.5 Å². The smallest absolute Gasteiger partial charge is 0.164 e. The second-order valence-electron chi connectivity index (χ2n) is 14.8. The molecule has 4 nitrogen and oxygen atoms in total. The van der Waals surface area contributed by atoms with Gasteiger partial charge in [0, 0.05) is 47.6 Å². The van der Waals surface area contributed by atoms with E-state index >= 15 is 0 Å². The van der Waals surface area contributed by atoms with Gasteiger partial charge in [-0.25, -0.2) is 15.0 Å². The fraction of sp³-hybridized carbons (Fsp3) is 0. The molecule has 0 unspecified atom stereocenters. The summed E-state index contributed by atoms with van der Waals surface area (Å²) >= 11 is 1.82. The van der Waals surface area contributed by atoms with Gasteiger partial charge in [0.15, 0.2) is 17.5 Å². The van der Waals surface area contributed by atoms with E-state index in [1.807, 2.05) is 35.6 Å². The van der Waals surface area contributed by atoms with Gasteiger partial charge >= 0.3 is 0 Å². The van der Waals surface area contributed by atoms with Crippen LogP contribution in [0.25, 0.3) is 120 Å². The van der Waals surface area contributed by atoms with Crippen molar-refractivity contribution in [1.29, 1.82) is 0 Å². The summed E-state index contributed by atoms with van der Waals surface area (Å²) in [5, 5.41) is 9.35. The third kappa shape index (κ3) is 5.40. The third-order valence-electron chi connectivity index (χ3n) is 11.3. The summed E-state index contributed by atoms with van der Waals surface area (Å²) in [5.41, 5.74) is 9.13. The maximum Gasteiger partial charge on any atom is 0.164 e. The van der Waals surface area contributed by atoms with Gasteiger partial charge in [0.05, 0.1) is 0 Å². The minimum atomic E-state index is 0.610. The van der Waals surface area contributed by atoms with Crippen molar-refractivity contribution in [2.45, 2.75) is 0 Å². The average Bonchev–Trinajstić information content (AvgIpc) is 3.87. The molecule has 0 fully saturated rings. The highest BCUT2D eigenvalue weighted by molar-refractivity contribution is 7.26. The number of benzene rings is 9. The van der Waals surface area contributed by atoms with Crippen LogP contribution in [0.3, 0.4) is 0 Å². The van der Waals surface area contributed by atoms with Crippen LogP contribution >= 0.6 is 11.3 Å². The summed E-state index contributed by atoms with van der Waals surface area (Å²) in [4.78, 5) is 15.8. The Morgan fingerprint density at radius 1 is 0.345 bits per heavy atom. The third-order valence-corrected chi connectivity index (χ3v) is 12.5. The van der Waals surface area contributed by atoms with Gasteiger partial charge < -0.3 is 4.42 Å². The summed E-state index contributed by atoms with van der Waals surface area (Å²) in [7, 11) is 0. The first-order valence-corrected chi connectivity index (χ1v) is 20.2. The standard InChI is InChI=1S/C53H31N3OS/c1-2-10-32(11-3-1)36-22-20-33-21-23-37(30-40(33)29-36)35-13-8-14-38(28-35)51-54-52(39-25-27-47-45(31-39)42-16-6-7-18-46(42)57-47)56-53(55-51)44-17-9-19-48-49(44)43-26-24-34-12-4-5-15-41(34)50(43)58-48/h1-31H. The molecule has 0 aliphatic carbocycles. The van der Waals surface area contributed by atoms with E-state index < -0.39 is 0 Å². The molecule has 0 radical (unpaired) electrons. The zero-order chi connectivity index (χ0) is 38.2. The molecule has 0 amide bonds. The van der Waals surface area contributed by atoms with Crippen LogP contribution in [0.1, 0.15) is 0 Å². The van der Waals surface area contributed by atoms with Crippen LogP contribution in [0.4, 0.5) is 0 Å². The van der Waals surface area contributed by atoms with E-state index in [4.69, 9.17) is 19.4 Å². The van der Waals surface area contributed by atoms with Crippen molar-refractivity contribution in [2.24, 2.45) is 0 Å². The van der Waals surface area contributed by atoms with Crippen molar-refractivity contribution < 1.29 is 4.42 Å². The number of rotatable bonds is 5. The Morgan fingerprint density at radius 2 is 0.966 bits per heavy atom. The lowest BCUT2D eigenvalue weighted by molar-refractivity contribution is 0.669. The van der Waals surface area contributed by atoms with Crippen molar-refractivity contribution in [1.82, 2.24) is 15.0 Å². The van der Waals surface area contributed by atoms with Gasteiger partial charge in [-0.1, -0.05) is 140 Å². The monoisotopic (exact) mass is 757 g/mol. The maximum atomic E-state index is 6.20. The van der Waals surface area contributed by atoms with E-state index in [1.54, 1.807) is 0 Å². The van der Waals surface area contributed by atoms with Crippen LogP contribution in [0.5, 0.6) is 0 Å². The Kier molecular flexibility index (Phi) is 7.37. The number of fused-ring (bicyclic) bond motifs is 9. The van der Waals surface area contributed by atoms with E-state index in [0.717, 1.165) is 55.1 Å². The number of hydrogen-bond donors (Lipinski definition) is 0. The average molecular weight is 758 g/mol. The van der Waals surface area contributed by atoms with E-state index in [9.17, 15) is 0 Å². The molecular weight excluding hydrogens is 727 g/mol. The Balaban J connectivity index is 1.04. The summed E-state index contributed by atoms with van der Waals surface area (Å²) in [6.07, 6.45) is 0. The molecule has 5 heteroatoms. The molecule has 9 aromatic carbocycles. The lowest BCUT2D eigenvalue weighted by Gasteiger charge is -2.11. The fourth-order valence-electron chi connectivity index (χ4n) is 8.43. The second-order valence-corrected chi connectivity index (χ2v) is 15.8. The van der Waals surface area contributed by atoms with Crippen LogP contribution in [0, 0.1) is 0 Å². The molecule has 0 N–H and O–H groups in total. The van der Waals surface area contributed by atoms with Gasteiger partial charge in [-0.15, -0.1) is 11.3 Å². The Labute approximate surface area is 337 Å². The zero-order valence-electron chi connectivity index (χ0n) is 31.1. The lowest BCUT2D eigenvalue weighted by atomic mass is 9.97. The largest absolute Gasteiger partial charge is 0.456 e. The molecule has 12 rings (SSSR count). The predicted octanol–water partition coefficient (Wildman–Crippen LogP) is 14.8. The van der Waals surface area contributed by atoms with Gasteiger partial charge in [-0.3, -0.25) is 0 Å². The lowest BCUT2D eigenvalue weighted by Crippen LogP contribution is -2.00. The maximum absolute atomic E-state index is 6.20. The fourth-order valence-corrected chi connectivity index (χ4v) is 9.70. The van der Waals surface area contributed by atoms with Crippen molar-refractivity contribution in [3.05, 3.63) is 188 Å². The molecule has 0 bridgehead atoms. The number of para-hydroxylation sites is 1. The number of hydrogen-bond acceptors (Lipinski definition) is 5. The first-order chi connectivity index (χ1) is 28.7. The molecule has 0 spiro atoms. The van der Waals surface area contributed by atoms with Gasteiger partial charge in [0.25, 0.3) is 0 Å². The summed E-state index contributed by atoms with van der Waals surface area (Å²) in [6.45, 7) is 0. The van der Waals surface area contributed by atoms with Gasteiger partial charge in [-0.05, 0) is 92.3 Å². The van der Waals surface area contributed by atoms with E-state index in [1.165, 1.54) is 47.5 Å². The minimum absolute atomic E-state index is 0.610. The topological polar surface area (TPSA) is 51.8 Å². The Bertz CT molecular complexity index is 3590. The van der Waals surface area contributed by atoms with Gasteiger partial charge in [0.2, 0.25) is 0 Å². The SMILES string of the molecule is c1ccc(-c2ccc3ccc(-c4cccc(-c5nc(-c6ccc7oc8ccccc8c7c6)nc(-c6cccc7sc8c9ccccc9ccc8c67)n5)c4)cc3c2)cc1. The number of aromatic nitrogens is 3. The van der Waals surface area contributed by atoms with E-state index in [-0.39, 0.29) is 0 Å². The minimum Gasteiger partial charge on any atom is -0.456 e. The van der Waals surface area contributed by atoms with Crippen LogP contribution < -0.4 is 0 Å². The molecule has 0 saturated carbocycles. The van der Waals surface area contributed by atoms with Crippen molar-refractivity contribution in [2.75, 3.05) is 0 Å². The first-order valence-electron chi connectivity index (χ1n) is 19.4. The van der Waals surface area contributed by atoms with Crippen LogP contribution in [-0.4, -0.2) is 15.0 Å². The van der Waals surface area contributed by atoms with E-state index in [2.05, 4.69) is 164 Å². The molecule has 58 heavy (non-hydrogen) atoms. The van der Waals surface area contributed by atoms with Crippen molar-refractivity contribution >= 4 is 75.0 Å². The first kappa shape index (κ1) is 32.7. The second kappa shape index (κ2) is 13.1. The molecule has 3 heterocycles. The Hall–Kier alpha value is -7.47. The molecule has 270 valence electrons. The molecule has 0 aliphatic heterocycles. The summed E-state index contributed by atoms with van der Waals surface area (Å²) in [6, 6.07) is 66.4. The molecule has 3 aromatic heterocycles. The molecule has 0 aliphatic rings. The predicted molar refractivity (Wildman–Crippen MR) is 242 cm³/mol. The molecule has 0 atom stereocenters. The van der Waals surface area contributed by atoms with Gasteiger partial charge in [0.1, 0.15) is 11.2 Å². The number of thiophene rings is 1. The van der Waals surface area contributed by atoms with Crippen LogP contribution in [0.15, 0.2) is 192 Å². The summed E-state index contributed by atoms with van der Waals surface area (Å²) < 4.78 is 8.67. The molecule has 12 aromatic rings. The van der Waals surface area contributed by atoms with Crippen molar-refractivity contribution in [3.8, 4) is 56.4 Å². The Morgan fingerprint density at radius 3 is 1.83 bits per heavy atom. The highest BCUT2D eigenvalue weighted by Gasteiger charge is 2.19. The highest BCUT2D eigenvalue weighted by Crippen LogP contribution is 2.43. The van der Waals surface area contributed by atoms with Crippen LogP contribution in [-0.2, 0) is 0 Å². The van der Waals surface area contributed by atoms with Crippen LogP contribution in [0.2, 0.25) is 0 Å². The number of nitrogens with zero attached hydrogens (tertiary/aromatic N) is 3. The van der Waals surface area contributed by atoms with Gasteiger partial charge in [-0.2, -0.15) is 0 Å². The molecular formula is C53H31N3OS. The molecule has 0 saturated heterocycles. The normalized spacial score (nSPS) is 11.8. The van der Waals surface area contributed by atoms with Crippen molar-refractivity contribution in [3.63, 3.8) is 0 Å². The zero-order valence-corrected chi connectivity index (χ0v) is 31.9. The quantitative estimate of drug-likeness (QED) is 0.175. The number of furan rings is 1.